The Bertz CT molecular complexity index is 1140. The fourth-order valence-electron chi connectivity index (χ4n) is 2.84. The highest BCUT2D eigenvalue weighted by Gasteiger charge is 2.18. The van der Waals surface area contributed by atoms with Gasteiger partial charge in [0.25, 0.3) is 5.91 Å². The predicted octanol–water partition coefficient (Wildman–Crippen LogP) is 5.02. The number of amides is 1. The molecule has 0 saturated carbocycles. The van der Waals surface area contributed by atoms with E-state index in [4.69, 9.17) is 9.26 Å². The van der Waals surface area contributed by atoms with E-state index in [2.05, 4.69) is 11.2 Å². The second-order valence-electron chi connectivity index (χ2n) is 6.45. The zero-order valence-corrected chi connectivity index (χ0v) is 16.2. The van der Waals surface area contributed by atoms with Crippen molar-refractivity contribution in [1.82, 2.24) is 10.1 Å². The second kappa shape index (κ2) is 8.00. The number of rotatable bonds is 6. The molecule has 2 aromatic heterocycles. The number of carbonyl (C=O) groups is 1. The van der Waals surface area contributed by atoms with Crippen LogP contribution in [-0.4, -0.2) is 23.0 Å². The number of nitrogens with zero attached hydrogens (tertiary/aromatic N) is 2. The summed E-state index contributed by atoms with van der Waals surface area (Å²) in [5.74, 6) is -1.66. The smallest absolute Gasteiger partial charge is 0.276 e. The van der Waals surface area contributed by atoms with Crippen LogP contribution in [0.1, 0.15) is 21.1 Å². The molecule has 0 spiro atoms. The van der Waals surface area contributed by atoms with Crippen molar-refractivity contribution in [3.63, 3.8) is 0 Å². The molecule has 5 nitrogen and oxygen atoms in total. The van der Waals surface area contributed by atoms with Crippen LogP contribution in [-0.2, 0) is 13.2 Å². The van der Waals surface area contributed by atoms with E-state index in [1.807, 2.05) is 24.3 Å². The van der Waals surface area contributed by atoms with E-state index in [-0.39, 0.29) is 29.7 Å². The van der Waals surface area contributed by atoms with Gasteiger partial charge in [0.05, 0.1) is 6.54 Å². The summed E-state index contributed by atoms with van der Waals surface area (Å²) < 4.78 is 38.1. The third-order valence-electron chi connectivity index (χ3n) is 4.26. The summed E-state index contributed by atoms with van der Waals surface area (Å²) in [5, 5.41) is 4.91. The Morgan fingerprint density at radius 1 is 1.17 bits per heavy atom. The minimum absolute atomic E-state index is 0.113. The maximum Gasteiger partial charge on any atom is 0.276 e. The molecule has 0 aliphatic rings. The lowest BCUT2D eigenvalue weighted by Crippen LogP contribution is -2.26. The molecule has 0 atom stereocenters. The molecule has 0 bridgehead atoms. The van der Waals surface area contributed by atoms with Crippen molar-refractivity contribution in [2.24, 2.45) is 0 Å². The average molecular weight is 414 g/mol. The maximum absolute atomic E-state index is 13.6. The van der Waals surface area contributed by atoms with Crippen LogP contribution in [0.2, 0.25) is 0 Å². The first-order valence-electron chi connectivity index (χ1n) is 8.76. The van der Waals surface area contributed by atoms with Crippen LogP contribution in [0, 0.1) is 11.6 Å². The van der Waals surface area contributed by atoms with E-state index in [1.54, 1.807) is 23.3 Å². The van der Waals surface area contributed by atoms with E-state index in [0.29, 0.717) is 6.54 Å². The Morgan fingerprint density at radius 2 is 2.00 bits per heavy atom. The van der Waals surface area contributed by atoms with Crippen molar-refractivity contribution < 1.29 is 22.8 Å². The van der Waals surface area contributed by atoms with Crippen molar-refractivity contribution >= 4 is 27.3 Å². The molecule has 4 rings (SSSR count). The van der Waals surface area contributed by atoms with E-state index in [9.17, 15) is 13.6 Å². The number of hydrogen-bond acceptors (Lipinski definition) is 5. The number of aromatic nitrogens is 1. The van der Waals surface area contributed by atoms with Gasteiger partial charge in [-0.2, -0.15) is 0 Å². The van der Waals surface area contributed by atoms with Crippen LogP contribution in [0.3, 0.4) is 0 Å². The van der Waals surface area contributed by atoms with Gasteiger partial charge in [-0.1, -0.05) is 23.4 Å². The van der Waals surface area contributed by atoms with Gasteiger partial charge in [-0.25, -0.2) is 8.78 Å². The highest BCUT2D eigenvalue weighted by Crippen LogP contribution is 2.26. The van der Waals surface area contributed by atoms with Gasteiger partial charge in [-0.05, 0) is 29.7 Å². The quantitative estimate of drug-likeness (QED) is 0.445. The summed E-state index contributed by atoms with van der Waals surface area (Å²) >= 11 is 1.63. The van der Waals surface area contributed by atoms with E-state index in [1.165, 1.54) is 12.1 Å². The molecule has 148 valence electrons. The lowest BCUT2D eigenvalue weighted by atomic mass is 10.2. The third kappa shape index (κ3) is 4.27. The van der Waals surface area contributed by atoms with Crippen LogP contribution in [0.15, 0.2) is 59.1 Å². The van der Waals surface area contributed by atoms with Gasteiger partial charge in [-0.15, -0.1) is 11.3 Å². The van der Waals surface area contributed by atoms with E-state index in [0.717, 1.165) is 27.1 Å². The first-order chi connectivity index (χ1) is 14.0. The van der Waals surface area contributed by atoms with E-state index < -0.39 is 11.6 Å². The summed E-state index contributed by atoms with van der Waals surface area (Å²) in [6.45, 7) is 0.306. The monoisotopic (exact) mass is 414 g/mol. The minimum Gasteiger partial charge on any atom is -0.482 e. The lowest BCUT2D eigenvalue weighted by molar-refractivity contribution is 0.0776. The largest absolute Gasteiger partial charge is 0.482 e. The highest BCUT2D eigenvalue weighted by atomic mass is 32.1. The summed E-state index contributed by atoms with van der Waals surface area (Å²) in [7, 11) is 1.69. The third-order valence-corrected chi connectivity index (χ3v) is 5.36. The lowest BCUT2D eigenvalue weighted by Gasteiger charge is -2.13. The SMILES string of the molecule is CN(Cc1cc2ccccc2s1)C(=O)c1cc(COc2ccc(F)cc2F)on1. The van der Waals surface area contributed by atoms with Crippen LogP contribution in [0.4, 0.5) is 8.78 Å². The van der Waals surface area contributed by atoms with Crippen molar-refractivity contribution in [3.05, 3.63) is 82.6 Å². The summed E-state index contributed by atoms with van der Waals surface area (Å²) in [6, 6.07) is 14.5. The molecule has 0 aliphatic heterocycles. The molecule has 2 aromatic carbocycles. The summed E-state index contributed by atoms with van der Waals surface area (Å²) in [4.78, 5) is 15.2. The fourth-order valence-corrected chi connectivity index (χ4v) is 3.96. The first kappa shape index (κ1) is 19.1. The number of ether oxygens (including phenoxy) is 1. The zero-order chi connectivity index (χ0) is 20.4. The summed E-state index contributed by atoms with van der Waals surface area (Å²) in [5.41, 5.74) is 0.131. The van der Waals surface area contributed by atoms with Gasteiger partial charge >= 0.3 is 0 Å². The molecule has 0 unspecified atom stereocenters. The molecular weight excluding hydrogens is 398 g/mol. The predicted molar refractivity (Wildman–Crippen MR) is 105 cm³/mol. The van der Waals surface area contributed by atoms with Gasteiger partial charge in [0.2, 0.25) is 0 Å². The zero-order valence-electron chi connectivity index (χ0n) is 15.4. The first-order valence-corrected chi connectivity index (χ1v) is 9.57. The van der Waals surface area contributed by atoms with Crippen LogP contribution < -0.4 is 4.74 Å². The molecule has 0 saturated heterocycles. The molecule has 0 radical (unpaired) electrons. The molecule has 4 aromatic rings. The number of fused-ring (bicyclic) bond motifs is 1. The second-order valence-corrected chi connectivity index (χ2v) is 7.62. The minimum atomic E-state index is -0.816. The standard InChI is InChI=1S/C21H16F2N2O3S/c1-25(11-16-8-13-4-2-3-5-20(13)29-16)21(26)18-10-15(28-24-18)12-27-19-7-6-14(22)9-17(19)23/h2-10H,11-12H2,1H3. The Morgan fingerprint density at radius 3 is 2.79 bits per heavy atom. The molecule has 1 amide bonds. The van der Waals surface area contributed by atoms with Gasteiger partial charge < -0.3 is 14.2 Å². The van der Waals surface area contributed by atoms with Crippen LogP contribution in [0.5, 0.6) is 5.75 Å². The van der Waals surface area contributed by atoms with Crippen molar-refractivity contribution in [3.8, 4) is 5.75 Å². The highest BCUT2D eigenvalue weighted by molar-refractivity contribution is 7.19. The molecule has 8 heteroatoms. The number of halogens is 2. The molecule has 0 fully saturated rings. The number of hydrogen-bond donors (Lipinski definition) is 0. The molecule has 2 heterocycles. The van der Waals surface area contributed by atoms with Crippen molar-refractivity contribution in [2.75, 3.05) is 7.05 Å². The van der Waals surface area contributed by atoms with Gasteiger partial charge in [0.15, 0.2) is 23.0 Å². The number of thiophene rings is 1. The fraction of sp³-hybridized carbons (Fsp3) is 0.143. The maximum atomic E-state index is 13.6. The average Bonchev–Trinajstić information content (AvgIpc) is 3.33. The molecule has 0 aliphatic carbocycles. The van der Waals surface area contributed by atoms with Gasteiger partial charge in [-0.3, -0.25) is 4.79 Å². The topological polar surface area (TPSA) is 55.6 Å². The van der Waals surface area contributed by atoms with Crippen LogP contribution >= 0.6 is 11.3 Å². The van der Waals surface area contributed by atoms with Gasteiger partial charge in [0, 0.05) is 28.8 Å². The summed E-state index contributed by atoms with van der Waals surface area (Å²) in [6.07, 6.45) is 0. The number of benzene rings is 2. The Hall–Kier alpha value is -3.26. The molecular formula is C21H16F2N2O3S. The van der Waals surface area contributed by atoms with Gasteiger partial charge in [0.1, 0.15) is 12.4 Å². The van der Waals surface area contributed by atoms with Crippen molar-refractivity contribution in [2.45, 2.75) is 13.2 Å². The molecule has 0 N–H and O–H groups in total. The van der Waals surface area contributed by atoms with Crippen LogP contribution in [0.25, 0.3) is 10.1 Å². The van der Waals surface area contributed by atoms with E-state index >= 15 is 0 Å². The Labute approximate surface area is 169 Å². The molecule has 29 heavy (non-hydrogen) atoms. The van der Waals surface area contributed by atoms with Crippen molar-refractivity contribution in [1.29, 1.82) is 0 Å². The Balaban J connectivity index is 1.39. The normalized spacial score (nSPS) is 11.0. The Kier molecular flexibility index (Phi) is 5.26. The number of carbonyl (C=O) groups excluding carboxylic acids is 1.